The molecule has 3 heteroatoms. The third kappa shape index (κ3) is 4.86. The molecule has 0 unspecified atom stereocenters. The Morgan fingerprint density at radius 1 is 1.19 bits per heavy atom. The van der Waals surface area contributed by atoms with Crippen molar-refractivity contribution >= 4 is 11.6 Å². The Morgan fingerprint density at radius 2 is 1.94 bits per heavy atom. The van der Waals surface area contributed by atoms with Crippen LogP contribution in [0.5, 0.6) is 5.75 Å². The fourth-order valence-corrected chi connectivity index (χ4v) is 1.64. The highest BCUT2D eigenvalue weighted by atomic mass is 35.5. The summed E-state index contributed by atoms with van der Waals surface area (Å²) in [5.74, 6) is 0.870. The van der Waals surface area contributed by atoms with Crippen molar-refractivity contribution in [1.29, 1.82) is 0 Å². The van der Waals surface area contributed by atoms with E-state index in [4.69, 9.17) is 21.4 Å². The zero-order valence-corrected chi connectivity index (χ0v) is 10.5. The minimum absolute atomic E-state index is 0.286. The fourth-order valence-electron chi connectivity index (χ4n) is 1.48. The minimum Gasteiger partial charge on any atom is -0.493 e. The van der Waals surface area contributed by atoms with Crippen molar-refractivity contribution in [1.82, 2.24) is 0 Å². The average Bonchev–Trinajstić information content (AvgIpc) is 2.28. The molecule has 1 aromatic carbocycles. The first kappa shape index (κ1) is 13.3. The molecule has 0 heterocycles. The molecule has 1 aromatic rings. The number of rotatable bonds is 7. The number of aryl methyl sites for hydroxylation is 1. The van der Waals surface area contributed by atoms with Gasteiger partial charge in [-0.15, -0.1) is 0 Å². The van der Waals surface area contributed by atoms with Crippen LogP contribution in [0.2, 0.25) is 5.02 Å². The van der Waals surface area contributed by atoms with E-state index in [0.29, 0.717) is 11.6 Å². The van der Waals surface area contributed by atoms with E-state index in [0.717, 1.165) is 37.0 Å². The molecule has 0 aliphatic carbocycles. The molecule has 0 aromatic heterocycles. The molecule has 0 aliphatic rings. The topological polar surface area (TPSA) is 29.5 Å². The molecule has 1 rings (SSSR count). The van der Waals surface area contributed by atoms with Crippen LogP contribution in [0.15, 0.2) is 18.2 Å². The van der Waals surface area contributed by atoms with Crippen LogP contribution in [-0.4, -0.2) is 18.3 Å². The summed E-state index contributed by atoms with van der Waals surface area (Å²) in [4.78, 5) is 0. The molecular weight excluding hydrogens is 224 g/mol. The summed E-state index contributed by atoms with van der Waals surface area (Å²) in [5, 5.41) is 9.33. The molecule has 0 spiro atoms. The van der Waals surface area contributed by atoms with Crippen molar-refractivity contribution in [2.45, 2.75) is 32.6 Å². The lowest BCUT2D eigenvalue weighted by Crippen LogP contribution is -1.99. The molecule has 0 saturated heterocycles. The quantitative estimate of drug-likeness (QED) is 0.741. The second-order valence-corrected chi connectivity index (χ2v) is 4.33. The van der Waals surface area contributed by atoms with Gasteiger partial charge in [-0.2, -0.15) is 0 Å². The van der Waals surface area contributed by atoms with Gasteiger partial charge in [0.15, 0.2) is 0 Å². The third-order valence-electron chi connectivity index (χ3n) is 2.46. The Bertz CT molecular complexity index is 313. The highest BCUT2D eigenvalue weighted by molar-refractivity contribution is 6.30. The number of aliphatic hydroxyl groups is 1. The number of hydrogen-bond donors (Lipinski definition) is 1. The van der Waals surface area contributed by atoms with Crippen molar-refractivity contribution < 1.29 is 9.84 Å². The van der Waals surface area contributed by atoms with Gasteiger partial charge in [-0.3, -0.25) is 0 Å². The van der Waals surface area contributed by atoms with Gasteiger partial charge in [-0.25, -0.2) is 0 Å². The Kier molecular flexibility index (Phi) is 6.27. The second kappa shape index (κ2) is 7.53. The van der Waals surface area contributed by atoms with Gasteiger partial charge in [0, 0.05) is 11.6 Å². The van der Waals surface area contributed by atoms with Crippen LogP contribution >= 0.6 is 11.6 Å². The Hall–Kier alpha value is -0.730. The summed E-state index contributed by atoms with van der Waals surface area (Å²) in [6.45, 7) is 3.01. The molecular formula is C13H19ClO2. The Morgan fingerprint density at radius 3 is 2.69 bits per heavy atom. The van der Waals surface area contributed by atoms with Crippen LogP contribution in [0, 0.1) is 6.92 Å². The van der Waals surface area contributed by atoms with Crippen molar-refractivity contribution in [3.05, 3.63) is 28.8 Å². The predicted molar refractivity (Wildman–Crippen MR) is 67.2 cm³/mol. The third-order valence-corrected chi connectivity index (χ3v) is 2.70. The van der Waals surface area contributed by atoms with E-state index >= 15 is 0 Å². The summed E-state index contributed by atoms with van der Waals surface area (Å²) in [6, 6.07) is 5.68. The monoisotopic (exact) mass is 242 g/mol. The number of ether oxygens (including phenoxy) is 1. The number of aliphatic hydroxyl groups excluding tert-OH is 1. The highest BCUT2D eigenvalue weighted by Crippen LogP contribution is 2.22. The smallest absolute Gasteiger partial charge is 0.123 e. The van der Waals surface area contributed by atoms with Gasteiger partial charge in [0.25, 0.3) is 0 Å². The van der Waals surface area contributed by atoms with E-state index in [-0.39, 0.29) is 6.61 Å². The van der Waals surface area contributed by atoms with Crippen molar-refractivity contribution in [2.24, 2.45) is 0 Å². The Labute approximate surface area is 102 Å². The summed E-state index contributed by atoms with van der Waals surface area (Å²) in [6.07, 6.45) is 4.07. The predicted octanol–water partition coefficient (Wildman–Crippen LogP) is 3.58. The fraction of sp³-hybridized carbons (Fsp3) is 0.538. The van der Waals surface area contributed by atoms with Crippen LogP contribution in [0.3, 0.4) is 0 Å². The summed E-state index contributed by atoms with van der Waals surface area (Å²) >= 11 is 5.89. The average molecular weight is 243 g/mol. The van der Waals surface area contributed by atoms with E-state index in [1.165, 1.54) is 0 Å². The number of halogens is 1. The van der Waals surface area contributed by atoms with Crippen LogP contribution in [0.4, 0.5) is 0 Å². The normalized spacial score (nSPS) is 10.4. The Balaban J connectivity index is 2.23. The largest absolute Gasteiger partial charge is 0.493 e. The molecule has 16 heavy (non-hydrogen) atoms. The first-order chi connectivity index (χ1) is 7.74. The van der Waals surface area contributed by atoms with Crippen LogP contribution in [-0.2, 0) is 0 Å². The van der Waals surface area contributed by atoms with Gasteiger partial charge in [0.2, 0.25) is 0 Å². The van der Waals surface area contributed by atoms with Crippen LogP contribution in [0.25, 0.3) is 0 Å². The standard InChI is InChI=1S/C13H19ClO2/c1-11-6-7-12(14)10-13(11)16-9-5-3-2-4-8-15/h6-7,10,15H,2-5,8-9H2,1H3. The molecule has 0 amide bonds. The van der Waals surface area contributed by atoms with Gasteiger partial charge >= 0.3 is 0 Å². The van der Waals surface area contributed by atoms with E-state index in [1.54, 1.807) is 0 Å². The molecule has 0 atom stereocenters. The zero-order chi connectivity index (χ0) is 11.8. The first-order valence-electron chi connectivity index (χ1n) is 5.74. The second-order valence-electron chi connectivity index (χ2n) is 3.90. The van der Waals surface area contributed by atoms with E-state index in [2.05, 4.69) is 0 Å². The summed E-state index contributed by atoms with van der Waals surface area (Å²) < 4.78 is 5.65. The molecule has 0 radical (unpaired) electrons. The van der Waals surface area contributed by atoms with Crippen molar-refractivity contribution in [3.63, 3.8) is 0 Å². The first-order valence-corrected chi connectivity index (χ1v) is 6.11. The van der Waals surface area contributed by atoms with Gasteiger partial charge < -0.3 is 9.84 Å². The number of hydrogen-bond acceptors (Lipinski definition) is 2. The van der Waals surface area contributed by atoms with E-state index < -0.39 is 0 Å². The lowest BCUT2D eigenvalue weighted by Gasteiger charge is -2.09. The molecule has 1 N–H and O–H groups in total. The van der Waals surface area contributed by atoms with Gasteiger partial charge in [-0.05, 0) is 43.9 Å². The van der Waals surface area contributed by atoms with Gasteiger partial charge in [0.05, 0.1) is 6.61 Å². The lowest BCUT2D eigenvalue weighted by atomic mass is 10.2. The van der Waals surface area contributed by atoms with Crippen LogP contribution < -0.4 is 4.74 Å². The maximum absolute atomic E-state index is 8.62. The lowest BCUT2D eigenvalue weighted by molar-refractivity contribution is 0.273. The highest BCUT2D eigenvalue weighted by Gasteiger charge is 2.00. The minimum atomic E-state index is 0.286. The molecule has 0 aliphatic heterocycles. The maximum atomic E-state index is 8.62. The molecule has 2 nitrogen and oxygen atoms in total. The van der Waals surface area contributed by atoms with Gasteiger partial charge in [-0.1, -0.05) is 24.1 Å². The number of unbranched alkanes of at least 4 members (excludes halogenated alkanes) is 3. The zero-order valence-electron chi connectivity index (χ0n) is 9.71. The molecule has 0 saturated carbocycles. The van der Waals surface area contributed by atoms with Crippen molar-refractivity contribution in [3.8, 4) is 5.75 Å². The SMILES string of the molecule is Cc1ccc(Cl)cc1OCCCCCCO. The summed E-state index contributed by atoms with van der Waals surface area (Å²) in [5.41, 5.74) is 1.11. The van der Waals surface area contributed by atoms with Crippen molar-refractivity contribution in [2.75, 3.05) is 13.2 Å². The summed E-state index contributed by atoms with van der Waals surface area (Å²) in [7, 11) is 0. The van der Waals surface area contributed by atoms with Crippen LogP contribution in [0.1, 0.15) is 31.2 Å². The van der Waals surface area contributed by atoms with Gasteiger partial charge in [0.1, 0.15) is 5.75 Å². The molecule has 90 valence electrons. The molecule has 0 bridgehead atoms. The number of benzene rings is 1. The van der Waals surface area contributed by atoms with E-state index in [9.17, 15) is 0 Å². The maximum Gasteiger partial charge on any atom is 0.123 e. The molecule has 0 fully saturated rings. The van der Waals surface area contributed by atoms with E-state index in [1.807, 2.05) is 25.1 Å².